The van der Waals surface area contributed by atoms with E-state index in [1.807, 2.05) is 32.7 Å². The van der Waals surface area contributed by atoms with Gasteiger partial charge in [-0.3, -0.25) is 9.69 Å². The fraction of sp³-hybridized carbons (Fsp3) is 0.533. The molecule has 1 amide bonds. The van der Waals surface area contributed by atoms with Crippen molar-refractivity contribution in [3.63, 3.8) is 0 Å². The van der Waals surface area contributed by atoms with Gasteiger partial charge in [0.2, 0.25) is 5.91 Å². The Morgan fingerprint density at radius 3 is 2.55 bits per heavy atom. The number of benzene rings is 1. The Morgan fingerprint density at radius 1 is 1.40 bits per heavy atom. The van der Waals surface area contributed by atoms with Crippen molar-refractivity contribution < 1.29 is 13.9 Å². The summed E-state index contributed by atoms with van der Waals surface area (Å²) in [7, 11) is 3.27. The molecule has 20 heavy (non-hydrogen) atoms. The number of ether oxygens (including phenoxy) is 1. The minimum atomic E-state index is -0.391. The summed E-state index contributed by atoms with van der Waals surface area (Å²) in [5.41, 5.74) is 0.801. The quantitative estimate of drug-likeness (QED) is 0.869. The molecule has 1 rings (SSSR count). The molecule has 0 aliphatic rings. The van der Waals surface area contributed by atoms with Crippen molar-refractivity contribution >= 4 is 5.91 Å². The topological polar surface area (TPSA) is 41.6 Å². The lowest BCUT2D eigenvalue weighted by Gasteiger charge is -2.25. The van der Waals surface area contributed by atoms with E-state index in [4.69, 9.17) is 4.74 Å². The number of rotatable bonds is 6. The maximum atomic E-state index is 13.6. The van der Waals surface area contributed by atoms with Gasteiger partial charge in [0.05, 0.1) is 13.2 Å². The largest absolute Gasteiger partial charge is 0.494 e. The van der Waals surface area contributed by atoms with Crippen molar-refractivity contribution in [2.24, 2.45) is 0 Å². The van der Waals surface area contributed by atoms with E-state index in [1.165, 1.54) is 13.2 Å². The molecular weight excluding hydrogens is 259 g/mol. The number of carbonyl (C=O) groups excluding carboxylic acids is 1. The number of hydrogen-bond donors (Lipinski definition) is 1. The summed E-state index contributed by atoms with van der Waals surface area (Å²) < 4.78 is 18.5. The summed E-state index contributed by atoms with van der Waals surface area (Å²) in [5.74, 6) is -0.198. The van der Waals surface area contributed by atoms with Crippen LogP contribution in [0.15, 0.2) is 18.2 Å². The van der Waals surface area contributed by atoms with E-state index in [0.717, 1.165) is 5.56 Å². The van der Waals surface area contributed by atoms with Crippen LogP contribution in [0.4, 0.5) is 4.39 Å². The second-order valence-electron chi connectivity index (χ2n) is 5.22. The van der Waals surface area contributed by atoms with Crippen LogP contribution in [0.2, 0.25) is 0 Å². The van der Waals surface area contributed by atoms with Gasteiger partial charge < -0.3 is 10.1 Å². The van der Waals surface area contributed by atoms with E-state index in [2.05, 4.69) is 5.32 Å². The summed E-state index contributed by atoms with van der Waals surface area (Å²) in [6, 6.07) is 4.66. The summed E-state index contributed by atoms with van der Waals surface area (Å²) in [4.78, 5) is 13.8. The third kappa shape index (κ3) is 4.49. The molecule has 5 heteroatoms. The molecule has 1 aromatic carbocycles. The van der Waals surface area contributed by atoms with Gasteiger partial charge in [-0.2, -0.15) is 0 Å². The van der Waals surface area contributed by atoms with Crippen molar-refractivity contribution in [2.75, 3.05) is 14.2 Å². The number of halogens is 1. The van der Waals surface area contributed by atoms with Crippen LogP contribution in [0.5, 0.6) is 5.75 Å². The highest BCUT2D eigenvalue weighted by Crippen LogP contribution is 2.18. The molecule has 4 nitrogen and oxygen atoms in total. The van der Waals surface area contributed by atoms with Crippen molar-refractivity contribution in [3.05, 3.63) is 29.6 Å². The standard InChI is InChI=1S/C15H23FN2O2/c1-10(2)17-15(19)11(3)18(4)9-12-6-7-14(20-5)13(16)8-12/h6-8,10-11H,9H2,1-5H3,(H,17,19)/t11-/m1/s1. The minimum absolute atomic E-state index is 0.0310. The Hall–Kier alpha value is -1.62. The summed E-state index contributed by atoms with van der Waals surface area (Å²) in [6.45, 7) is 6.16. The minimum Gasteiger partial charge on any atom is -0.494 e. The molecule has 0 aliphatic heterocycles. The van der Waals surface area contributed by atoms with Crippen LogP contribution < -0.4 is 10.1 Å². The van der Waals surface area contributed by atoms with Crippen LogP contribution in [-0.2, 0) is 11.3 Å². The monoisotopic (exact) mass is 282 g/mol. The molecule has 0 fully saturated rings. The molecule has 112 valence electrons. The lowest BCUT2D eigenvalue weighted by atomic mass is 10.1. The molecule has 0 radical (unpaired) electrons. The predicted molar refractivity (Wildman–Crippen MR) is 77.2 cm³/mol. The lowest BCUT2D eigenvalue weighted by Crippen LogP contribution is -2.45. The van der Waals surface area contributed by atoms with Gasteiger partial charge in [-0.15, -0.1) is 0 Å². The molecular formula is C15H23FN2O2. The van der Waals surface area contributed by atoms with Gasteiger partial charge >= 0.3 is 0 Å². The maximum absolute atomic E-state index is 13.6. The number of nitrogens with one attached hydrogen (secondary N) is 1. The van der Waals surface area contributed by atoms with Crippen LogP contribution >= 0.6 is 0 Å². The summed E-state index contributed by atoms with van der Waals surface area (Å²) in [6.07, 6.45) is 0. The molecule has 1 aromatic rings. The van der Waals surface area contributed by atoms with E-state index < -0.39 is 5.82 Å². The molecule has 1 atom stereocenters. The maximum Gasteiger partial charge on any atom is 0.237 e. The van der Waals surface area contributed by atoms with Crippen molar-refractivity contribution in [1.82, 2.24) is 10.2 Å². The first-order valence-corrected chi connectivity index (χ1v) is 6.68. The van der Waals surface area contributed by atoms with Crippen LogP contribution in [0, 0.1) is 5.82 Å². The lowest BCUT2D eigenvalue weighted by molar-refractivity contribution is -0.126. The highest BCUT2D eigenvalue weighted by atomic mass is 19.1. The van der Waals surface area contributed by atoms with Crippen molar-refractivity contribution in [1.29, 1.82) is 0 Å². The number of likely N-dealkylation sites (N-methyl/N-ethyl adjacent to an activating group) is 1. The van der Waals surface area contributed by atoms with E-state index in [0.29, 0.717) is 6.54 Å². The first kappa shape index (κ1) is 16.4. The molecule has 1 N–H and O–H groups in total. The second kappa shape index (κ2) is 7.24. The summed E-state index contributed by atoms with van der Waals surface area (Å²) in [5, 5.41) is 2.86. The van der Waals surface area contributed by atoms with Gasteiger partial charge in [0.25, 0.3) is 0 Å². The number of methoxy groups -OCH3 is 1. The zero-order valence-electron chi connectivity index (χ0n) is 12.7. The van der Waals surface area contributed by atoms with Gasteiger partial charge in [0.15, 0.2) is 11.6 Å². The third-order valence-electron chi connectivity index (χ3n) is 3.12. The highest BCUT2D eigenvalue weighted by Gasteiger charge is 2.19. The Bertz CT molecular complexity index is 463. The van der Waals surface area contributed by atoms with Crippen molar-refractivity contribution in [2.45, 2.75) is 39.4 Å². The number of carbonyl (C=O) groups is 1. The van der Waals surface area contributed by atoms with Gasteiger partial charge in [0, 0.05) is 12.6 Å². The zero-order valence-corrected chi connectivity index (χ0v) is 12.7. The van der Waals surface area contributed by atoms with Gasteiger partial charge in [-0.05, 0) is 45.5 Å². The second-order valence-corrected chi connectivity index (χ2v) is 5.22. The van der Waals surface area contributed by atoms with E-state index in [9.17, 15) is 9.18 Å². The Balaban J connectivity index is 2.67. The molecule has 0 saturated carbocycles. The Morgan fingerprint density at radius 2 is 2.05 bits per heavy atom. The predicted octanol–water partition coefficient (Wildman–Crippen LogP) is 2.18. The van der Waals surface area contributed by atoms with Crippen molar-refractivity contribution in [3.8, 4) is 5.75 Å². The van der Waals surface area contributed by atoms with Gasteiger partial charge in [0.1, 0.15) is 0 Å². The highest BCUT2D eigenvalue weighted by molar-refractivity contribution is 5.81. The molecule has 0 spiro atoms. The van der Waals surface area contributed by atoms with Gasteiger partial charge in [-0.25, -0.2) is 4.39 Å². The molecule has 0 heterocycles. The number of nitrogens with zero attached hydrogens (tertiary/aromatic N) is 1. The van der Waals surface area contributed by atoms with E-state index in [-0.39, 0.29) is 23.7 Å². The zero-order chi connectivity index (χ0) is 15.3. The van der Waals surface area contributed by atoms with E-state index in [1.54, 1.807) is 12.1 Å². The smallest absolute Gasteiger partial charge is 0.237 e. The number of hydrogen-bond acceptors (Lipinski definition) is 3. The SMILES string of the molecule is COc1ccc(CN(C)[C@H](C)C(=O)NC(C)C)cc1F. The van der Waals surface area contributed by atoms with E-state index >= 15 is 0 Å². The number of amides is 1. The molecule has 0 aromatic heterocycles. The normalized spacial score (nSPS) is 12.6. The Labute approximate surface area is 119 Å². The third-order valence-corrected chi connectivity index (χ3v) is 3.12. The van der Waals surface area contributed by atoms with Crippen LogP contribution in [0.1, 0.15) is 26.3 Å². The first-order chi connectivity index (χ1) is 9.35. The first-order valence-electron chi connectivity index (χ1n) is 6.68. The average molecular weight is 282 g/mol. The van der Waals surface area contributed by atoms with Crippen LogP contribution in [-0.4, -0.2) is 37.0 Å². The molecule has 0 bridgehead atoms. The average Bonchev–Trinajstić information content (AvgIpc) is 2.37. The Kier molecular flexibility index (Phi) is 5.95. The molecule has 0 aliphatic carbocycles. The van der Waals surface area contributed by atoms with Crippen LogP contribution in [0.3, 0.4) is 0 Å². The fourth-order valence-corrected chi connectivity index (χ4v) is 1.84. The van der Waals surface area contributed by atoms with Crippen LogP contribution in [0.25, 0.3) is 0 Å². The summed E-state index contributed by atoms with van der Waals surface area (Å²) >= 11 is 0. The molecule has 0 unspecified atom stereocenters. The molecule has 0 saturated heterocycles. The fourth-order valence-electron chi connectivity index (χ4n) is 1.84. The van der Waals surface area contributed by atoms with Gasteiger partial charge in [-0.1, -0.05) is 6.07 Å².